The molecule has 0 amide bonds. The van der Waals surface area contributed by atoms with Gasteiger partial charge in [-0.2, -0.15) is 0 Å². The van der Waals surface area contributed by atoms with Crippen LogP contribution in [-0.2, 0) is 18.6 Å². The lowest BCUT2D eigenvalue weighted by Crippen LogP contribution is -2.44. The molecule has 1 fully saturated rings. The van der Waals surface area contributed by atoms with Crippen LogP contribution in [0.3, 0.4) is 0 Å². The molecule has 1 saturated heterocycles. The van der Waals surface area contributed by atoms with Gasteiger partial charge in [0.2, 0.25) is 0 Å². The fourth-order valence-corrected chi connectivity index (χ4v) is 2.75. The van der Waals surface area contributed by atoms with E-state index in [2.05, 4.69) is 33.9 Å². The molecule has 1 rings (SSSR count). The molecule has 0 saturated carbocycles. The highest BCUT2D eigenvalue weighted by Gasteiger charge is 2.41. The van der Waals surface area contributed by atoms with E-state index in [1.54, 1.807) is 14.2 Å². The Bertz CT molecular complexity index is 262. The summed E-state index contributed by atoms with van der Waals surface area (Å²) in [4.78, 5) is 0. The van der Waals surface area contributed by atoms with Gasteiger partial charge in [0, 0.05) is 20.6 Å². The molecule has 5 heteroatoms. The Labute approximate surface area is 112 Å². The summed E-state index contributed by atoms with van der Waals surface area (Å²) >= 11 is 0. The molecule has 0 aliphatic carbocycles. The van der Waals surface area contributed by atoms with Crippen LogP contribution in [0.25, 0.3) is 0 Å². The molecule has 0 aromatic heterocycles. The first kappa shape index (κ1) is 16.1. The van der Waals surface area contributed by atoms with Gasteiger partial charge in [-0.15, -0.1) is 0 Å². The van der Waals surface area contributed by atoms with Crippen LogP contribution < -0.4 is 0 Å². The summed E-state index contributed by atoms with van der Waals surface area (Å²) in [5.74, 6) is 0. The van der Waals surface area contributed by atoms with Crippen LogP contribution in [-0.4, -0.2) is 47.6 Å². The Morgan fingerprint density at radius 2 is 1.78 bits per heavy atom. The van der Waals surface area contributed by atoms with Crippen molar-refractivity contribution in [1.29, 1.82) is 0 Å². The van der Waals surface area contributed by atoms with Gasteiger partial charge in [0.1, 0.15) is 6.10 Å². The van der Waals surface area contributed by atoms with Crippen molar-refractivity contribution in [2.45, 2.75) is 63.8 Å². The maximum atomic E-state index is 6.18. The summed E-state index contributed by atoms with van der Waals surface area (Å²) in [6.07, 6.45) is 0.662. The molecule has 0 radical (unpaired) electrons. The average Bonchev–Trinajstić information content (AvgIpc) is 2.67. The lowest BCUT2D eigenvalue weighted by atomic mass is 10.2. The molecular formula is C13H28O4Si. The molecule has 3 atom stereocenters. The van der Waals surface area contributed by atoms with Gasteiger partial charge in [-0.3, -0.25) is 0 Å². The van der Waals surface area contributed by atoms with E-state index in [-0.39, 0.29) is 23.5 Å². The fourth-order valence-electron chi connectivity index (χ4n) is 1.73. The van der Waals surface area contributed by atoms with Crippen molar-refractivity contribution in [2.24, 2.45) is 0 Å². The quantitative estimate of drug-likeness (QED) is 0.724. The second-order valence-corrected chi connectivity index (χ2v) is 11.2. The van der Waals surface area contributed by atoms with Crippen LogP contribution in [0, 0.1) is 0 Å². The second kappa shape index (κ2) is 6.01. The van der Waals surface area contributed by atoms with Gasteiger partial charge in [0.15, 0.2) is 14.6 Å². The Morgan fingerprint density at radius 3 is 2.22 bits per heavy atom. The van der Waals surface area contributed by atoms with E-state index in [0.717, 1.165) is 6.42 Å². The molecule has 4 nitrogen and oxygen atoms in total. The zero-order valence-electron chi connectivity index (χ0n) is 12.8. The van der Waals surface area contributed by atoms with Crippen LogP contribution in [0.2, 0.25) is 18.1 Å². The van der Waals surface area contributed by atoms with Gasteiger partial charge in [0.05, 0.1) is 12.7 Å². The third-order valence-corrected chi connectivity index (χ3v) is 8.65. The summed E-state index contributed by atoms with van der Waals surface area (Å²) in [5, 5.41) is 0.217. The second-order valence-electron chi connectivity index (χ2n) is 6.42. The molecule has 0 unspecified atom stereocenters. The van der Waals surface area contributed by atoms with Gasteiger partial charge in [-0.1, -0.05) is 20.8 Å². The van der Waals surface area contributed by atoms with Crippen molar-refractivity contribution in [2.75, 3.05) is 20.8 Å². The monoisotopic (exact) mass is 276 g/mol. The Kier molecular flexibility index (Phi) is 5.38. The van der Waals surface area contributed by atoms with E-state index >= 15 is 0 Å². The maximum absolute atomic E-state index is 6.18. The van der Waals surface area contributed by atoms with E-state index in [4.69, 9.17) is 18.6 Å². The Balaban J connectivity index is 2.52. The predicted octanol–water partition coefficient (Wildman–Crippen LogP) is 2.78. The first-order chi connectivity index (χ1) is 8.21. The van der Waals surface area contributed by atoms with Crippen molar-refractivity contribution in [3.63, 3.8) is 0 Å². The largest absolute Gasteiger partial charge is 0.414 e. The Morgan fingerprint density at radius 1 is 1.17 bits per heavy atom. The number of hydrogen-bond donors (Lipinski definition) is 0. The third-order valence-electron chi connectivity index (χ3n) is 4.15. The SMILES string of the molecule is CO[C@@H]1C[C@H](OC)[C@@H](CO[Si](C)(C)C(C)(C)C)O1. The van der Waals surface area contributed by atoms with E-state index in [1.165, 1.54) is 0 Å². The third kappa shape index (κ3) is 3.77. The first-order valence-electron chi connectivity index (χ1n) is 6.56. The molecular weight excluding hydrogens is 248 g/mol. The molecule has 18 heavy (non-hydrogen) atoms. The summed E-state index contributed by atoms with van der Waals surface area (Å²) in [6, 6.07) is 0. The van der Waals surface area contributed by atoms with Crippen molar-refractivity contribution in [3.05, 3.63) is 0 Å². The topological polar surface area (TPSA) is 36.9 Å². The minimum atomic E-state index is -1.72. The molecule has 0 N–H and O–H groups in total. The molecule has 0 aromatic rings. The van der Waals surface area contributed by atoms with Gasteiger partial charge < -0.3 is 18.6 Å². The smallest absolute Gasteiger partial charge is 0.192 e. The molecule has 108 valence electrons. The highest BCUT2D eigenvalue weighted by atomic mass is 28.4. The van der Waals surface area contributed by atoms with E-state index in [0.29, 0.717) is 6.61 Å². The van der Waals surface area contributed by atoms with Gasteiger partial charge >= 0.3 is 0 Å². The predicted molar refractivity (Wildman–Crippen MR) is 74.2 cm³/mol. The minimum Gasteiger partial charge on any atom is -0.414 e. The number of hydrogen-bond acceptors (Lipinski definition) is 4. The molecule has 0 spiro atoms. The van der Waals surface area contributed by atoms with E-state index in [1.807, 2.05) is 0 Å². The highest BCUT2D eigenvalue weighted by molar-refractivity contribution is 6.74. The van der Waals surface area contributed by atoms with Crippen LogP contribution in [0.15, 0.2) is 0 Å². The van der Waals surface area contributed by atoms with Crippen LogP contribution in [0.1, 0.15) is 27.2 Å². The lowest BCUT2D eigenvalue weighted by Gasteiger charge is -2.37. The van der Waals surface area contributed by atoms with Crippen LogP contribution in [0.5, 0.6) is 0 Å². The average molecular weight is 276 g/mol. The number of methoxy groups -OCH3 is 2. The highest BCUT2D eigenvalue weighted by Crippen LogP contribution is 2.37. The van der Waals surface area contributed by atoms with Crippen molar-refractivity contribution in [1.82, 2.24) is 0 Å². The molecule has 0 bridgehead atoms. The molecule has 1 aliphatic rings. The van der Waals surface area contributed by atoms with Crippen LogP contribution in [0.4, 0.5) is 0 Å². The van der Waals surface area contributed by atoms with Gasteiger partial charge in [-0.25, -0.2) is 0 Å². The van der Waals surface area contributed by atoms with Gasteiger partial charge in [0.25, 0.3) is 0 Å². The fraction of sp³-hybridized carbons (Fsp3) is 1.00. The summed E-state index contributed by atoms with van der Waals surface area (Å²) in [7, 11) is 1.65. The maximum Gasteiger partial charge on any atom is 0.192 e. The molecule has 0 aromatic carbocycles. The van der Waals surface area contributed by atoms with Gasteiger partial charge in [-0.05, 0) is 18.1 Å². The van der Waals surface area contributed by atoms with Crippen molar-refractivity contribution < 1.29 is 18.6 Å². The van der Waals surface area contributed by atoms with Crippen molar-refractivity contribution in [3.8, 4) is 0 Å². The van der Waals surface area contributed by atoms with E-state index < -0.39 is 8.32 Å². The summed E-state index contributed by atoms with van der Waals surface area (Å²) in [6.45, 7) is 11.8. The van der Waals surface area contributed by atoms with Crippen molar-refractivity contribution >= 4 is 8.32 Å². The first-order valence-corrected chi connectivity index (χ1v) is 9.47. The number of ether oxygens (including phenoxy) is 3. The summed E-state index contributed by atoms with van der Waals surface area (Å²) in [5.41, 5.74) is 0. The molecule has 1 aliphatic heterocycles. The van der Waals surface area contributed by atoms with E-state index in [9.17, 15) is 0 Å². The normalized spacial score (nSPS) is 29.8. The zero-order valence-corrected chi connectivity index (χ0v) is 13.8. The number of rotatable bonds is 5. The van der Waals surface area contributed by atoms with Crippen LogP contribution >= 0.6 is 0 Å². The Hall–Kier alpha value is 0.0569. The molecule has 1 heterocycles. The standard InChI is InChI=1S/C13H28O4Si/c1-13(2,3)18(6,7)16-9-11-10(14-4)8-12(15-5)17-11/h10-12H,8-9H2,1-7H3/t10-,11+,12-/m0/s1. The summed E-state index contributed by atoms with van der Waals surface area (Å²) < 4.78 is 22.6. The minimum absolute atomic E-state index is 0.0194. The zero-order chi connectivity index (χ0) is 14.0. The lowest BCUT2D eigenvalue weighted by molar-refractivity contribution is -0.126.